The molecule has 38 heavy (non-hydrogen) atoms. The highest BCUT2D eigenvalue weighted by Crippen LogP contribution is 2.31. The third-order valence-corrected chi connectivity index (χ3v) is 7.51. The van der Waals surface area contributed by atoms with E-state index in [4.69, 9.17) is 9.15 Å². The lowest BCUT2D eigenvalue weighted by Crippen LogP contribution is -2.30. The van der Waals surface area contributed by atoms with Gasteiger partial charge in [0.15, 0.2) is 0 Å². The fourth-order valence-corrected chi connectivity index (χ4v) is 6.21. The molecule has 1 N–H and O–H groups in total. The molecule has 3 aromatic carbocycles. The number of nitrogens with zero attached hydrogens (tertiary/aromatic N) is 1. The molecule has 0 spiro atoms. The maximum absolute atomic E-state index is 12.9. The number of nitrogens with one attached hydrogen (secondary N) is 1. The molecule has 4 aromatic rings. The van der Waals surface area contributed by atoms with Crippen molar-refractivity contribution in [2.45, 2.75) is 13.2 Å². The number of urea groups is 1. The highest BCUT2D eigenvalue weighted by Gasteiger charge is 2.34. The minimum absolute atomic E-state index is 0.00256. The van der Waals surface area contributed by atoms with Crippen LogP contribution in [0.3, 0.4) is 0 Å². The molecule has 8 nitrogen and oxygen atoms in total. The van der Waals surface area contributed by atoms with Crippen molar-refractivity contribution in [2.24, 2.45) is 0 Å². The average Bonchev–Trinajstić information content (AvgIpc) is 3.48. The van der Waals surface area contributed by atoms with E-state index >= 15 is 0 Å². The van der Waals surface area contributed by atoms with Gasteiger partial charge in [-0.25, -0.2) is 9.59 Å². The van der Waals surface area contributed by atoms with Gasteiger partial charge in [-0.2, -0.15) is 0 Å². The Morgan fingerprint density at radius 3 is 2.53 bits per heavy atom. The van der Waals surface area contributed by atoms with Crippen LogP contribution in [0.4, 0.5) is 4.79 Å². The third-order valence-electron chi connectivity index (χ3n) is 5.91. The van der Waals surface area contributed by atoms with Gasteiger partial charge in [0.2, 0.25) is 5.76 Å². The Balaban J connectivity index is 1.31. The van der Waals surface area contributed by atoms with Gasteiger partial charge in [-0.05, 0) is 97.4 Å². The van der Waals surface area contributed by atoms with Crippen LogP contribution in [0.1, 0.15) is 27.4 Å². The predicted octanol–water partition coefficient (Wildman–Crippen LogP) is 6.10. The number of fused-ring (bicyclic) bond motifs is 1. The summed E-state index contributed by atoms with van der Waals surface area (Å²) in [5.74, 6) is -0.0943. The first kappa shape index (κ1) is 26.2. The number of esters is 1. The SMILES string of the molecule is COC(=O)c1ccc(CN2C(=O)N/C(=C\c3cc(I)c(OCc4cccc5ccccc45)c(I)c3)C2=O)o1. The molecule has 0 saturated carbocycles. The van der Waals surface area contributed by atoms with Gasteiger partial charge in [-0.1, -0.05) is 42.5 Å². The van der Waals surface area contributed by atoms with Crippen LogP contribution in [0.15, 0.2) is 76.8 Å². The zero-order valence-corrected chi connectivity index (χ0v) is 24.3. The molecule has 5 rings (SSSR count). The van der Waals surface area contributed by atoms with Gasteiger partial charge in [0.05, 0.1) is 20.8 Å². The van der Waals surface area contributed by atoms with E-state index in [2.05, 4.69) is 79.5 Å². The minimum atomic E-state index is -0.636. The first-order valence-corrected chi connectivity index (χ1v) is 13.6. The van der Waals surface area contributed by atoms with Crippen molar-refractivity contribution in [3.8, 4) is 5.75 Å². The topological polar surface area (TPSA) is 98.1 Å². The Morgan fingerprint density at radius 1 is 1.03 bits per heavy atom. The van der Waals surface area contributed by atoms with E-state index < -0.39 is 17.9 Å². The third kappa shape index (κ3) is 5.41. The summed E-state index contributed by atoms with van der Waals surface area (Å²) >= 11 is 4.41. The molecule has 1 fully saturated rings. The van der Waals surface area contributed by atoms with Gasteiger partial charge in [0, 0.05) is 0 Å². The number of hydrogen-bond donors (Lipinski definition) is 1. The summed E-state index contributed by atoms with van der Waals surface area (Å²) in [5.41, 5.74) is 1.98. The number of imide groups is 1. The molecule has 1 saturated heterocycles. The molecule has 1 aromatic heterocycles. The van der Waals surface area contributed by atoms with Crippen LogP contribution in [0, 0.1) is 7.14 Å². The number of hydrogen-bond acceptors (Lipinski definition) is 6. The summed E-state index contributed by atoms with van der Waals surface area (Å²) < 4.78 is 18.0. The van der Waals surface area contributed by atoms with E-state index in [1.54, 1.807) is 6.08 Å². The Kier molecular flexibility index (Phi) is 7.70. The first-order valence-electron chi connectivity index (χ1n) is 11.4. The molecule has 10 heteroatoms. The largest absolute Gasteiger partial charge is 0.487 e. The quantitative estimate of drug-likeness (QED) is 0.107. The summed E-state index contributed by atoms with van der Waals surface area (Å²) in [7, 11) is 1.24. The summed E-state index contributed by atoms with van der Waals surface area (Å²) in [4.78, 5) is 38.0. The van der Waals surface area contributed by atoms with Crippen molar-refractivity contribution in [3.05, 3.63) is 102 Å². The number of furan rings is 1. The van der Waals surface area contributed by atoms with E-state index in [-0.39, 0.29) is 23.8 Å². The molecule has 1 aliphatic rings. The summed E-state index contributed by atoms with van der Waals surface area (Å²) in [6.07, 6.45) is 1.63. The fourth-order valence-electron chi connectivity index (χ4n) is 4.08. The number of methoxy groups -OCH3 is 1. The van der Waals surface area contributed by atoms with Crippen LogP contribution in [-0.2, 0) is 22.7 Å². The molecule has 0 aliphatic carbocycles. The molecular weight excluding hydrogens is 714 g/mol. The van der Waals surface area contributed by atoms with Gasteiger partial charge in [0.1, 0.15) is 23.8 Å². The van der Waals surface area contributed by atoms with E-state index in [0.29, 0.717) is 6.61 Å². The normalized spacial score (nSPS) is 14.3. The van der Waals surface area contributed by atoms with Crippen LogP contribution >= 0.6 is 45.2 Å². The molecule has 192 valence electrons. The van der Waals surface area contributed by atoms with Crippen molar-refractivity contribution in [1.82, 2.24) is 10.2 Å². The number of carbonyl (C=O) groups excluding carboxylic acids is 3. The number of rotatable bonds is 7. The monoisotopic (exact) mass is 734 g/mol. The zero-order chi connectivity index (χ0) is 26.8. The maximum Gasteiger partial charge on any atom is 0.373 e. The van der Waals surface area contributed by atoms with Crippen molar-refractivity contribution >= 4 is 79.9 Å². The number of halogens is 2. The molecule has 0 bridgehead atoms. The summed E-state index contributed by atoms with van der Waals surface area (Å²) in [6.45, 7) is 0.302. The van der Waals surface area contributed by atoms with Gasteiger partial charge in [0.25, 0.3) is 5.91 Å². The van der Waals surface area contributed by atoms with Crippen molar-refractivity contribution < 1.29 is 28.3 Å². The highest BCUT2D eigenvalue weighted by atomic mass is 127. The Morgan fingerprint density at radius 2 is 1.76 bits per heavy atom. The number of ether oxygens (including phenoxy) is 2. The fraction of sp³-hybridized carbons (Fsp3) is 0.107. The second-order valence-corrected chi connectivity index (χ2v) is 10.7. The number of amides is 3. The minimum Gasteiger partial charge on any atom is -0.487 e. The maximum atomic E-state index is 12.9. The molecule has 3 amide bonds. The van der Waals surface area contributed by atoms with E-state index in [9.17, 15) is 14.4 Å². The van der Waals surface area contributed by atoms with Crippen molar-refractivity contribution in [2.75, 3.05) is 7.11 Å². The van der Waals surface area contributed by atoms with E-state index in [0.717, 1.165) is 39.7 Å². The molecule has 0 atom stereocenters. The smallest absolute Gasteiger partial charge is 0.373 e. The first-order chi connectivity index (χ1) is 18.3. The lowest BCUT2D eigenvalue weighted by Gasteiger charge is -2.13. The lowest BCUT2D eigenvalue weighted by molar-refractivity contribution is -0.123. The van der Waals surface area contributed by atoms with Gasteiger partial charge in [-0.15, -0.1) is 0 Å². The molecule has 2 heterocycles. The Labute approximate surface area is 245 Å². The van der Waals surface area contributed by atoms with E-state index in [1.807, 2.05) is 30.3 Å². The van der Waals surface area contributed by atoms with Crippen LogP contribution < -0.4 is 10.1 Å². The molecular formula is C28H20I2N2O6. The van der Waals surface area contributed by atoms with Crippen LogP contribution in [0.5, 0.6) is 5.75 Å². The molecule has 0 radical (unpaired) electrons. The number of benzene rings is 3. The van der Waals surface area contributed by atoms with Gasteiger partial charge in [-0.3, -0.25) is 9.69 Å². The second kappa shape index (κ2) is 11.2. The van der Waals surface area contributed by atoms with Crippen LogP contribution in [-0.4, -0.2) is 29.9 Å². The second-order valence-electron chi connectivity index (χ2n) is 8.38. The highest BCUT2D eigenvalue weighted by molar-refractivity contribution is 14.1. The van der Waals surface area contributed by atoms with Gasteiger partial charge < -0.3 is 19.2 Å². The van der Waals surface area contributed by atoms with Crippen LogP contribution in [0.25, 0.3) is 16.8 Å². The lowest BCUT2D eigenvalue weighted by atomic mass is 10.1. The Hall–Kier alpha value is -3.39. The average molecular weight is 734 g/mol. The number of carbonyl (C=O) groups is 3. The summed E-state index contributed by atoms with van der Waals surface area (Å²) in [6, 6.07) is 20.5. The standard InChI is InChI=1S/C28H20I2N2O6/c1-36-27(34)24-10-9-19(38-24)14-32-26(33)23(31-28(32)35)13-16-11-21(29)25(22(30)12-16)37-15-18-7-4-6-17-5-2-3-8-20(17)18/h2-13H,14-15H2,1H3,(H,31,35)/b23-13-. The van der Waals surface area contributed by atoms with Crippen molar-refractivity contribution in [3.63, 3.8) is 0 Å². The Bertz CT molecular complexity index is 1580. The zero-order valence-electron chi connectivity index (χ0n) is 20.0. The molecule has 0 unspecified atom stereocenters. The summed E-state index contributed by atoms with van der Waals surface area (Å²) in [5, 5.41) is 4.92. The van der Waals surface area contributed by atoms with Crippen LogP contribution in [0.2, 0.25) is 0 Å². The van der Waals surface area contributed by atoms with Crippen molar-refractivity contribution in [1.29, 1.82) is 0 Å². The van der Waals surface area contributed by atoms with Gasteiger partial charge >= 0.3 is 12.0 Å². The van der Waals surface area contributed by atoms with E-state index in [1.165, 1.54) is 19.2 Å². The predicted molar refractivity (Wildman–Crippen MR) is 157 cm³/mol. The molecule has 1 aliphatic heterocycles.